The first kappa shape index (κ1) is 23.5. The molecule has 0 aliphatic rings. The number of nitro benzene ring substituents is 1. The van der Waals surface area contributed by atoms with Gasteiger partial charge < -0.3 is 5.32 Å². The number of amides is 1. The third-order valence-electron chi connectivity index (χ3n) is 5.33. The van der Waals surface area contributed by atoms with E-state index in [-0.39, 0.29) is 22.9 Å². The summed E-state index contributed by atoms with van der Waals surface area (Å²) >= 11 is 7.39. The number of nitrogens with zero attached hydrogens (tertiary/aromatic N) is 3. The minimum absolute atomic E-state index is 0.0630. The zero-order valence-electron chi connectivity index (χ0n) is 18.2. The maximum atomic E-state index is 13.4. The molecule has 10 heteroatoms. The molecule has 8 nitrogen and oxygen atoms in total. The molecule has 3 aromatic carbocycles. The van der Waals surface area contributed by atoms with Crippen LogP contribution in [-0.4, -0.2) is 26.1 Å². The third-order valence-corrected chi connectivity index (χ3v) is 6.68. The fraction of sp³-hybridized carbons (Fsp3) is 0.125. The molecule has 0 spiro atoms. The Hall–Kier alpha value is -3.69. The summed E-state index contributed by atoms with van der Waals surface area (Å²) in [6.07, 6.45) is 0. The van der Waals surface area contributed by atoms with Crippen molar-refractivity contribution in [3.05, 3.63) is 97.3 Å². The lowest BCUT2D eigenvalue weighted by Crippen LogP contribution is -2.23. The zero-order valence-corrected chi connectivity index (χ0v) is 19.8. The number of fused-ring (bicyclic) bond motifs is 1. The number of para-hydroxylation sites is 1. The fourth-order valence-electron chi connectivity index (χ4n) is 3.53. The molecule has 1 N–H and O–H groups in total. The van der Waals surface area contributed by atoms with Crippen molar-refractivity contribution in [1.82, 2.24) is 9.55 Å². The Kier molecular flexibility index (Phi) is 6.67. The van der Waals surface area contributed by atoms with Gasteiger partial charge in [0.15, 0.2) is 5.16 Å². The maximum absolute atomic E-state index is 13.4. The molecule has 0 aliphatic carbocycles. The van der Waals surface area contributed by atoms with Crippen molar-refractivity contribution >= 4 is 51.5 Å². The van der Waals surface area contributed by atoms with E-state index in [4.69, 9.17) is 11.6 Å². The van der Waals surface area contributed by atoms with E-state index in [9.17, 15) is 19.7 Å². The van der Waals surface area contributed by atoms with Gasteiger partial charge >= 0.3 is 0 Å². The minimum atomic E-state index is -0.495. The molecule has 0 bridgehead atoms. The molecule has 4 aromatic rings. The summed E-state index contributed by atoms with van der Waals surface area (Å²) in [5.74, 6) is -0.447. The molecule has 0 saturated carbocycles. The number of nitrogens with one attached hydrogen (secondary N) is 1. The molecule has 0 unspecified atom stereocenters. The first-order valence-corrected chi connectivity index (χ1v) is 11.6. The van der Waals surface area contributed by atoms with Crippen LogP contribution in [0.4, 0.5) is 11.4 Å². The van der Waals surface area contributed by atoms with Crippen LogP contribution in [0.15, 0.2) is 70.6 Å². The number of rotatable bonds is 6. The number of hydrogen-bond donors (Lipinski definition) is 1. The molecule has 4 rings (SSSR count). The average Bonchev–Trinajstić information content (AvgIpc) is 2.81. The van der Waals surface area contributed by atoms with Crippen LogP contribution in [0.5, 0.6) is 0 Å². The van der Waals surface area contributed by atoms with Crippen molar-refractivity contribution in [2.45, 2.75) is 19.0 Å². The van der Waals surface area contributed by atoms with Gasteiger partial charge in [-0.1, -0.05) is 47.6 Å². The number of halogens is 1. The molecule has 1 aromatic heterocycles. The number of nitro groups is 1. The number of thioether (sulfide) groups is 1. The number of carbonyl (C=O) groups excluding carboxylic acids is 1. The van der Waals surface area contributed by atoms with Gasteiger partial charge in [0, 0.05) is 11.1 Å². The molecule has 172 valence electrons. The van der Waals surface area contributed by atoms with E-state index in [1.165, 1.54) is 16.7 Å². The van der Waals surface area contributed by atoms with Crippen LogP contribution in [0.2, 0.25) is 5.02 Å². The molecule has 1 heterocycles. The quantitative estimate of drug-likeness (QED) is 0.169. The fourth-order valence-corrected chi connectivity index (χ4v) is 4.51. The van der Waals surface area contributed by atoms with Gasteiger partial charge in [-0.2, -0.15) is 0 Å². The largest absolute Gasteiger partial charge is 0.325 e. The molecule has 34 heavy (non-hydrogen) atoms. The van der Waals surface area contributed by atoms with E-state index in [0.717, 1.165) is 11.8 Å². The van der Waals surface area contributed by atoms with Gasteiger partial charge in [-0.05, 0) is 49.7 Å². The van der Waals surface area contributed by atoms with Crippen LogP contribution < -0.4 is 10.9 Å². The SMILES string of the molecule is Cc1c(Cl)cccc1-n1c(SCC(=O)Nc2cccc([N+](=O)[O-])c2C)nc2ccccc2c1=O. The Balaban J connectivity index is 1.69. The van der Waals surface area contributed by atoms with Gasteiger partial charge in [0.25, 0.3) is 11.2 Å². The van der Waals surface area contributed by atoms with Gasteiger partial charge in [0.05, 0.1) is 38.5 Å². The highest BCUT2D eigenvalue weighted by molar-refractivity contribution is 7.99. The van der Waals surface area contributed by atoms with E-state index in [1.807, 2.05) is 6.92 Å². The second kappa shape index (κ2) is 9.66. The summed E-state index contributed by atoms with van der Waals surface area (Å²) in [5.41, 5.74) is 2.17. The highest BCUT2D eigenvalue weighted by Gasteiger charge is 2.18. The summed E-state index contributed by atoms with van der Waals surface area (Å²) in [7, 11) is 0. The highest BCUT2D eigenvalue weighted by Crippen LogP contribution is 2.28. The van der Waals surface area contributed by atoms with Crippen molar-refractivity contribution in [1.29, 1.82) is 0 Å². The third kappa shape index (κ3) is 4.52. The number of anilines is 1. The summed E-state index contributed by atoms with van der Waals surface area (Å²) in [6.45, 7) is 3.39. The Morgan fingerprint density at radius 2 is 1.82 bits per heavy atom. The van der Waals surface area contributed by atoms with Gasteiger partial charge in [-0.15, -0.1) is 0 Å². The normalized spacial score (nSPS) is 10.9. The molecule has 0 atom stereocenters. The van der Waals surface area contributed by atoms with Gasteiger partial charge in [-0.25, -0.2) is 4.98 Å². The highest BCUT2D eigenvalue weighted by atomic mass is 35.5. The summed E-state index contributed by atoms with van der Waals surface area (Å²) < 4.78 is 1.46. The van der Waals surface area contributed by atoms with Crippen LogP contribution in [0.1, 0.15) is 11.1 Å². The maximum Gasteiger partial charge on any atom is 0.274 e. The number of hydrogen-bond acceptors (Lipinski definition) is 6. The van der Waals surface area contributed by atoms with Gasteiger partial charge in [0.2, 0.25) is 5.91 Å². The first-order chi connectivity index (χ1) is 16.3. The Morgan fingerprint density at radius 1 is 1.09 bits per heavy atom. The second-order valence-corrected chi connectivity index (χ2v) is 8.83. The number of aromatic nitrogens is 2. The van der Waals surface area contributed by atoms with E-state index in [2.05, 4.69) is 10.3 Å². The lowest BCUT2D eigenvalue weighted by Gasteiger charge is -2.16. The predicted molar refractivity (Wildman–Crippen MR) is 134 cm³/mol. The van der Waals surface area contributed by atoms with Crippen LogP contribution in [0.25, 0.3) is 16.6 Å². The van der Waals surface area contributed by atoms with Crippen molar-refractivity contribution < 1.29 is 9.72 Å². The standard InChI is InChI=1S/C24H19ClN4O4S/c1-14-17(25)8-5-11-20(14)28-23(31)16-7-3-4-9-19(16)27-24(28)34-13-22(30)26-18-10-6-12-21(15(18)2)29(32)33/h3-12H,13H2,1-2H3,(H,26,30). The first-order valence-electron chi connectivity index (χ1n) is 10.2. The van der Waals surface area contributed by atoms with Crippen LogP contribution in [-0.2, 0) is 4.79 Å². The Bertz CT molecular complexity index is 1500. The van der Waals surface area contributed by atoms with Crippen LogP contribution in [0.3, 0.4) is 0 Å². The molecular formula is C24H19ClN4O4S. The molecule has 0 radical (unpaired) electrons. The van der Waals surface area contributed by atoms with Gasteiger partial charge in [-0.3, -0.25) is 24.3 Å². The summed E-state index contributed by atoms with van der Waals surface area (Å²) in [4.78, 5) is 41.4. The summed E-state index contributed by atoms with van der Waals surface area (Å²) in [6, 6.07) is 16.7. The smallest absolute Gasteiger partial charge is 0.274 e. The van der Waals surface area contributed by atoms with E-state index >= 15 is 0 Å². The molecule has 0 aliphatic heterocycles. The van der Waals surface area contributed by atoms with E-state index in [0.29, 0.717) is 43.6 Å². The average molecular weight is 495 g/mol. The van der Waals surface area contributed by atoms with Crippen LogP contribution in [0, 0.1) is 24.0 Å². The monoisotopic (exact) mass is 494 g/mol. The van der Waals surface area contributed by atoms with Crippen LogP contribution >= 0.6 is 23.4 Å². The van der Waals surface area contributed by atoms with E-state index in [1.54, 1.807) is 55.5 Å². The van der Waals surface area contributed by atoms with Crippen molar-refractivity contribution in [2.75, 3.05) is 11.1 Å². The molecule has 1 amide bonds. The summed E-state index contributed by atoms with van der Waals surface area (Å²) in [5, 5.41) is 15.2. The Labute approximate surface area is 203 Å². The van der Waals surface area contributed by atoms with Crippen molar-refractivity contribution in [2.24, 2.45) is 0 Å². The predicted octanol–water partition coefficient (Wildman–Crippen LogP) is 5.29. The molecule has 0 saturated heterocycles. The molecular weight excluding hydrogens is 476 g/mol. The minimum Gasteiger partial charge on any atom is -0.325 e. The molecule has 0 fully saturated rings. The van der Waals surface area contributed by atoms with Gasteiger partial charge in [0.1, 0.15) is 0 Å². The van der Waals surface area contributed by atoms with Crippen molar-refractivity contribution in [3.63, 3.8) is 0 Å². The zero-order chi connectivity index (χ0) is 24.4. The lowest BCUT2D eigenvalue weighted by molar-refractivity contribution is -0.385. The second-order valence-electron chi connectivity index (χ2n) is 7.48. The lowest BCUT2D eigenvalue weighted by atomic mass is 10.1. The van der Waals surface area contributed by atoms with E-state index < -0.39 is 4.92 Å². The Morgan fingerprint density at radius 3 is 2.59 bits per heavy atom. The number of benzene rings is 3. The van der Waals surface area contributed by atoms with Crippen molar-refractivity contribution in [3.8, 4) is 5.69 Å². The topological polar surface area (TPSA) is 107 Å². The number of carbonyl (C=O) groups is 1.